The van der Waals surface area contributed by atoms with Crippen LogP contribution in [-0.2, 0) is 0 Å². The van der Waals surface area contributed by atoms with E-state index in [9.17, 15) is 4.79 Å². The van der Waals surface area contributed by atoms with Crippen molar-refractivity contribution in [3.05, 3.63) is 28.8 Å². The molecule has 1 heterocycles. The molecule has 18 heavy (non-hydrogen) atoms. The molecule has 1 unspecified atom stereocenters. The molecule has 1 aliphatic heterocycles. The first kappa shape index (κ1) is 13.2. The summed E-state index contributed by atoms with van der Waals surface area (Å²) in [6.45, 7) is 2.91. The summed E-state index contributed by atoms with van der Waals surface area (Å²) in [7, 11) is 0. The third-order valence-corrected chi connectivity index (χ3v) is 3.99. The fourth-order valence-corrected chi connectivity index (χ4v) is 2.65. The number of hydrogen-bond donors (Lipinski definition) is 1. The van der Waals surface area contributed by atoms with Crippen molar-refractivity contribution in [2.75, 3.05) is 12.3 Å². The first-order valence-corrected chi connectivity index (χ1v) is 6.84. The molecule has 1 aromatic rings. The number of nitrogen functional groups attached to an aromatic ring is 1. The van der Waals surface area contributed by atoms with Crippen LogP contribution in [0.3, 0.4) is 0 Å². The number of benzene rings is 1. The lowest BCUT2D eigenvalue weighted by Gasteiger charge is -2.27. The second-order valence-electron chi connectivity index (χ2n) is 4.91. The minimum Gasteiger partial charge on any atom is -0.398 e. The number of rotatable bonds is 1. The molecule has 2 N–H and O–H groups in total. The SMILES string of the molecule is CC1CCCCCN1C(=O)c1cccc(N)c1Cl. The highest BCUT2D eigenvalue weighted by Gasteiger charge is 2.24. The van der Waals surface area contributed by atoms with Crippen LogP contribution in [0.25, 0.3) is 0 Å². The topological polar surface area (TPSA) is 46.3 Å². The Morgan fingerprint density at radius 1 is 1.39 bits per heavy atom. The molecule has 98 valence electrons. The van der Waals surface area contributed by atoms with Gasteiger partial charge in [0.15, 0.2) is 0 Å². The quantitative estimate of drug-likeness (QED) is 0.793. The zero-order chi connectivity index (χ0) is 13.1. The monoisotopic (exact) mass is 266 g/mol. The predicted octanol–water partition coefficient (Wildman–Crippen LogP) is 3.33. The Kier molecular flexibility index (Phi) is 4.12. The van der Waals surface area contributed by atoms with Crippen LogP contribution < -0.4 is 5.73 Å². The zero-order valence-corrected chi connectivity index (χ0v) is 11.4. The largest absolute Gasteiger partial charge is 0.398 e. The van der Waals surface area contributed by atoms with Gasteiger partial charge in [-0.3, -0.25) is 4.79 Å². The summed E-state index contributed by atoms with van der Waals surface area (Å²) in [5.74, 6) is 0.00157. The zero-order valence-electron chi connectivity index (χ0n) is 10.7. The molecule has 0 bridgehead atoms. The van der Waals surface area contributed by atoms with Gasteiger partial charge in [0.1, 0.15) is 0 Å². The number of halogens is 1. The van der Waals surface area contributed by atoms with E-state index in [1.54, 1.807) is 18.2 Å². The average molecular weight is 267 g/mol. The van der Waals surface area contributed by atoms with Gasteiger partial charge in [0, 0.05) is 12.6 Å². The van der Waals surface area contributed by atoms with Crippen LogP contribution in [0.1, 0.15) is 43.0 Å². The highest BCUT2D eigenvalue weighted by molar-refractivity contribution is 6.36. The van der Waals surface area contributed by atoms with E-state index in [0.717, 1.165) is 19.4 Å². The predicted molar refractivity (Wildman–Crippen MR) is 74.8 cm³/mol. The van der Waals surface area contributed by atoms with Crippen molar-refractivity contribution in [2.45, 2.75) is 38.6 Å². The standard InChI is InChI=1S/C14H19ClN2O/c1-10-6-3-2-4-9-17(10)14(18)11-7-5-8-12(16)13(11)15/h5,7-8,10H,2-4,6,9,16H2,1H3. The molecule has 0 saturated carbocycles. The third-order valence-electron chi connectivity index (χ3n) is 3.57. The van der Waals surface area contributed by atoms with Crippen molar-refractivity contribution in [1.29, 1.82) is 0 Å². The molecular formula is C14H19ClN2O. The van der Waals surface area contributed by atoms with Gasteiger partial charge in [0.25, 0.3) is 5.91 Å². The van der Waals surface area contributed by atoms with Crippen molar-refractivity contribution in [2.24, 2.45) is 0 Å². The molecule has 1 saturated heterocycles. The molecule has 1 amide bonds. The summed E-state index contributed by atoms with van der Waals surface area (Å²) in [5.41, 5.74) is 6.73. The van der Waals surface area contributed by atoms with Gasteiger partial charge < -0.3 is 10.6 Å². The molecule has 0 aliphatic carbocycles. The molecular weight excluding hydrogens is 248 g/mol. The highest BCUT2D eigenvalue weighted by atomic mass is 35.5. The van der Waals surface area contributed by atoms with E-state index in [1.165, 1.54) is 12.8 Å². The third kappa shape index (κ3) is 2.61. The number of anilines is 1. The van der Waals surface area contributed by atoms with Gasteiger partial charge in [0.2, 0.25) is 0 Å². The van der Waals surface area contributed by atoms with Gasteiger partial charge in [0.05, 0.1) is 16.3 Å². The summed E-state index contributed by atoms with van der Waals surface area (Å²) >= 11 is 6.12. The Morgan fingerprint density at radius 3 is 2.94 bits per heavy atom. The Labute approximate surface area is 113 Å². The van der Waals surface area contributed by atoms with E-state index in [-0.39, 0.29) is 11.9 Å². The van der Waals surface area contributed by atoms with Gasteiger partial charge in [-0.1, -0.05) is 30.5 Å². The van der Waals surface area contributed by atoms with Crippen molar-refractivity contribution in [1.82, 2.24) is 4.90 Å². The summed E-state index contributed by atoms with van der Waals surface area (Å²) in [6.07, 6.45) is 4.51. The summed E-state index contributed by atoms with van der Waals surface area (Å²) in [6, 6.07) is 5.51. The number of likely N-dealkylation sites (tertiary alicyclic amines) is 1. The Hall–Kier alpha value is -1.22. The number of nitrogens with two attached hydrogens (primary N) is 1. The van der Waals surface area contributed by atoms with Crippen LogP contribution in [0.5, 0.6) is 0 Å². The smallest absolute Gasteiger partial charge is 0.255 e. The lowest BCUT2D eigenvalue weighted by Crippen LogP contribution is -2.38. The van der Waals surface area contributed by atoms with Crippen molar-refractivity contribution in [3.8, 4) is 0 Å². The number of hydrogen-bond acceptors (Lipinski definition) is 2. The second-order valence-corrected chi connectivity index (χ2v) is 5.28. The molecule has 1 aromatic carbocycles. The van der Waals surface area contributed by atoms with E-state index < -0.39 is 0 Å². The molecule has 2 rings (SSSR count). The van der Waals surface area contributed by atoms with Crippen molar-refractivity contribution in [3.63, 3.8) is 0 Å². The Bertz CT molecular complexity index is 447. The summed E-state index contributed by atoms with van der Waals surface area (Å²) in [4.78, 5) is 14.4. The van der Waals surface area contributed by atoms with Crippen LogP contribution in [0.2, 0.25) is 5.02 Å². The maximum absolute atomic E-state index is 12.5. The first-order chi connectivity index (χ1) is 8.61. The molecule has 3 nitrogen and oxygen atoms in total. The van der Waals surface area contributed by atoms with Crippen LogP contribution in [-0.4, -0.2) is 23.4 Å². The lowest BCUT2D eigenvalue weighted by atomic mass is 10.1. The maximum atomic E-state index is 12.5. The highest BCUT2D eigenvalue weighted by Crippen LogP contribution is 2.26. The van der Waals surface area contributed by atoms with Gasteiger partial charge in [-0.2, -0.15) is 0 Å². The number of carbonyl (C=O) groups is 1. The minimum atomic E-state index is 0.00157. The van der Waals surface area contributed by atoms with Gasteiger partial charge in [-0.15, -0.1) is 0 Å². The van der Waals surface area contributed by atoms with E-state index >= 15 is 0 Å². The van der Waals surface area contributed by atoms with E-state index in [1.807, 2.05) is 4.90 Å². The summed E-state index contributed by atoms with van der Waals surface area (Å²) in [5, 5.41) is 0.374. The van der Waals surface area contributed by atoms with Crippen LogP contribution in [0.4, 0.5) is 5.69 Å². The van der Waals surface area contributed by atoms with E-state index in [4.69, 9.17) is 17.3 Å². The normalized spacial score (nSPS) is 20.6. The van der Waals surface area contributed by atoms with Crippen molar-refractivity contribution >= 4 is 23.2 Å². The molecule has 0 spiro atoms. The summed E-state index contributed by atoms with van der Waals surface area (Å²) < 4.78 is 0. The number of amides is 1. The van der Waals surface area contributed by atoms with Gasteiger partial charge >= 0.3 is 0 Å². The van der Waals surface area contributed by atoms with Crippen LogP contribution in [0, 0.1) is 0 Å². The molecule has 1 atom stereocenters. The fraction of sp³-hybridized carbons (Fsp3) is 0.500. The lowest BCUT2D eigenvalue weighted by molar-refractivity contribution is 0.0698. The molecule has 4 heteroatoms. The molecule has 0 radical (unpaired) electrons. The van der Waals surface area contributed by atoms with Gasteiger partial charge in [-0.25, -0.2) is 0 Å². The fourth-order valence-electron chi connectivity index (χ4n) is 2.45. The van der Waals surface area contributed by atoms with Crippen LogP contribution in [0.15, 0.2) is 18.2 Å². The second kappa shape index (κ2) is 5.61. The average Bonchev–Trinajstić information content (AvgIpc) is 2.57. The van der Waals surface area contributed by atoms with Crippen LogP contribution >= 0.6 is 11.6 Å². The minimum absolute atomic E-state index is 0.00157. The Balaban J connectivity index is 2.26. The van der Waals surface area contributed by atoms with E-state index in [2.05, 4.69) is 6.92 Å². The maximum Gasteiger partial charge on any atom is 0.255 e. The first-order valence-electron chi connectivity index (χ1n) is 6.46. The molecule has 1 aliphatic rings. The number of carbonyl (C=O) groups excluding carboxylic acids is 1. The number of nitrogens with zero attached hydrogens (tertiary/aromatic N) is 1. The molecule has 0 aromatic heterocycles. The van der Waals surface area contributed by atoms with Gasteiger partial charge in [-0.05, 0) is 31.9 Å². The Morgan fingerprint density at radius 2 is 2.17 bits per heavy atom. The molecule has 1 fully saturated rings. The van der Waals surface area contributed by atoms with Crippen molar-refractivity contribution < 1.29 is 4.79 Å². The van der Waals surface area contributed by atoms with E-state index in [0.29, 0.717) is 16.3 Å².